The van der Waals surface area contributed by atoms with E-state index in [0.717, 1.165) is 28.8 Å². The van der Waals surface area contributed by atoms with E-state index in [4.69, 9.17) is 4.74 Å². The summed E-state index contributed by atoms with van der Waals surface area (Å²) >= 11 is 0. The molecule has 0 radical (unpaired) electrons. The van der Waals surface area contributed by atoms with E-state index in [1.807, 2.05) is 49.5 Å². The van der Waals surface area contributed by atoms with Crippen LogP contribution >= 0.6 is 0 Å². The molecule has 0 unspecified atom stereocenters. The van der Waals surface area contributed by atoms with E-state index in [-0.39, 0.29) is 0 Å². The summed E-state index contributed by atoms with van der Waals surface area (Å²) in [7, 11) is 1.90. The van der Waals surface area contributed by atoms with Gasteiger partial charge in [0.05, 0.1) is 5.69 Å². The SMILES string of the molecule is CNCc1cccc(Oc2cccc3ccccc23)n1. The summed E-state index contributed by atoms with van der Waals surface area (Å²) in [5.41, 5.74) is 0.963. The molecule has 0 aliphatic carbocycles. The van der Waals surface area contributed by atoms with Crippen molar-refractivity contribution in [2.24, 2.45) is 0 Å². The third-order valence-electron chi connectivity index (χ3n) is 3.10. The predicted octanol–water partition coefficient (Wildman–Crippen LogP) is 3.75. The molecule has 1 heterocycles. The Labute approximate surface area is 118 Å². The fourth-order valence-corrected chi connectivity index (χ4v) is 2.19. The van der Waals surface area contributed by atoms with Crippen molar-refractivity contribution in [1.82, 2.24) is 10.3 Å². The fraction of sp³-hybridized carbons (Fsp3) is 0.118. The number of pyridine rings is 1. The van der Waals surface area contributed by atoms with Crippen molar-refractivity contribution in [3.8, 4) is 11.6 Å². The van der Waals surface area contributed by atoms with Crippen LogP contribution in [-0.4, -0.2) is 12.0 Å². The first kappa shape index (κ1) is 12.6. The minimum absolute atomic E-state index is 0.620. The van der Waals surface area contributed by atoms with Gasteiger partial charge in [-0.2, -0.15) is 0 Å². The van der Waals surface area contributed by atoms with Crippen LogP contribution in [0.3, 0.4) is 0 Å². The molecule has 0 saturated heterocycles. The Balaban J connectivity index is 1.95. The monoisotopic (exact) mass is 264 g/mol. The minimum atomic E-state index is 0.620. The number of nitrogens with one attached hydrogen (secondary N) is 1. The van der Waals surface area contributed by atoms with E-state index in [2.05, 4.69) is 28.5 Å². The summed E-state index contributed by atoms with van der Waals surface area (Å²) in [6.45, 7) is 0.729. The zero-order chi connectivity index (χ0) is 13.8. The Morgan fingerprint density at radius 3 is 2.65 bits per heavy atom. The van der Waals surface area contributed by atoms with Crippen LogP contribution in [0.1, 0.15) is 5.69 Å². The predicted molar refractivity (Wildman–Crippen MR) is 81.0 cm³/mol. The van der Waals surface area contributed by atoms with Gasteiger partial charge in [0.25, 0.3) is 0 Å². The molecular formula is C17H16N2O. The van der Waals surface area contributed by atoms with Crippen molar-refractivity contribution in [2.75, 3.05) is 7.05 Å². The zero-order valence-corrected chi connectivity index (χ0v) is 11.3. The maximum Gasteiger partial charge on any atom is 0.219 e. The second-order valence-corrected chi connectivity index (χ2v) is 4.58. The van der Waals surface area contributed by atoms with E-state index < -0.39 is 0 Å². The van der Waals surface area contributed by atoms with Crippen molar-refractivity contribution in [1.29, 1.82) is 0 Å². The van der Waals surface area contributed by atoms with Crippen molar-refractivity contribution in [2.45, 2.75) is 6.54 Å². The van der Waals surface area contributed by atoms with Gasteiger partial charge in [-0.1, -0.05) is 42.5 Å². The number of hydrogen-bond acceptors (Lipinski definition) is 3. The molecule has 100 valence electrons. The maximum absolute atomic E-state index is 5.94. The van der Waals surface area contributed by atoms with Crippen LogP contribution in [0, 0.1) is 0 Å². The zero-order valence-electron chi connectivity index (χ0n) is 11.3. The highest BCUT2D eigenvalue weighted by Gasteiger charge is 2.04. The van der Waals surface area contributed by atoms with Crippen molar-refractivity contribution in [3.05, 3.63) is 66.4 Å². The number of benzene rings is 2. The molecule has 20 heavy (non-hydrogen) atoms. The lowest BCUT2D eigenvalue weighted by atomic mass is 10.1. The third-order valence-corrected chi connectivity index (χ3v) is 3.10. The van der Waals surface area contributed by atoms with Gasteiger partial charge in [-0.15, -0.1) is 0 Å². The number of rotatable bonds is 4. The molecule has 0 aliphatic heterocycles. The molecule has 3 rings (SSSR count). The van der Waals surface area contributed by atoms with Crippen LogP contribution in [0.5, 0.6) is 11.6 Å². The molecule has 0 bridgehead atoms. The van der Waals surface area contributed by atoms with Crippen LogP contribution in [0.2, 0.25) is 0 Å². The summed E-state index contributed by atoms with van der Waals surface area (Å²) in [5, 5.41) is 5.34. The van der Waals surface area contributed by atoms with Gasteiger partial charge < -0.3 is 10.1 Å². The van der Waals surface area contributed by atoms with Gasteiger partial charge in [-0.05, 0) is 24.6 Å². The fourth-order valence-electron chi connectivity index (χ4n) is 2.19. The third kappa shape index (κ3) is 2.63. The lowest BCUT2D eigenvalue weighted by Gasteiger charge is -2.09. The highest BCUT2D eigenvalue weighted by Crippen LogP contribution is 2.28. The molecule has 0 saturated carbocycles. The minimum Gasteiger partial charge on any atom is -0.438 e. The standard InChI is InChI=1S/C17H16N2O/c1-18-12-14-8-5-11-17(19-14)20-16-10-4-7-13-6-2-3-9-15(13)16/h2-11,18H,12H2,1H3. The molecule has 3 aromatic rings. The van der Waals surface area contributed by atoms with E-state index in [9.17, 15) is 0 Å². The lowest BCUT2D eigenvalue weighted by molar-refractivity contribution is 0.465. The number of fused-ring (bicyclic) bond motifs is 1. The van der Waals surface area contributed by atoms with Crippen LogP contribution in [0.4, 0.5) is 0 Å². The van der Waals surface area contributed by atoms with E-state index in [0.29, 0.717) is 5.88 Å². The van der Waals surface area contributed by atoms with Crippen LogP contribution in [0.25, 0.3) is 10.8 Å². The number of hydrogen-bond donors (Lipinski definition) is 1. The Morgan fingerprint density at radius 2 is 1.75 bits per heavy atom. The first-order valence-electron chi connectivity index (χ1n) is 6.63. The molecule has 1 aromatic heterocycles. The molecule has 2 aromatic carbocycles. The van der Waals surface area contributed by atoms with E-state index >= 15 is 0 Å². The number of nitrogens with zero attached hydrogens (tertiary/aromatic N) is 1. The highest BCUT2D eigenvalue weighted by atomic mass is 16.5. The Hall–Kier alpha value is -2.39. The Kier molecular flexibility index (Phi) is 3.61. The molecule has 1 N–H and O–H groups in total. The van der Waals surface area contributed by atoms with Crippen molar-refractivity contribution >= 4 is 10.8 Å². The van der Waals surface area contributed by atoms with Gasteiger partial charge in [0.2, 0.25) is 5.88 Å². The number of ether oxygens (including phenoxy) is 1. The molecule has 0 fully saturated rings. The summed E-state index contributed by atoms with van der Waals surface area (Å²) in [6, 6.07) is 20.0. The molecule has 0 aliphatic rings. The van der Waals surface area contributed by atoms with Gasteiger partial charge >= 0.3 is 0 Å². The quantitative estimate of drug-likeness (QED) is 0.779. The molecule has 3 nitrogen and oxygen atoms in total. The van der Waals surface area contributed by atoms with Gasteiger partial charge in [0.1, 0.15) is 5.75 Å². The molecule has 0 amide bonds. The average Bonchev–Trinajstić information content (AvgIpc) is 2.48. The van der Waals surface area contributed by atoms with Crippen molar-refractivity contribution < 1.29 is 4.74 Å². The summed E-state index contributed by atoms with van der Waals surface area (Å²) in [4.78, 5) is 4.48. The molecule has 3 heteroatoms. The van der Waals surface area contributed by atoms with E-state index in [1.54, 1.807) is 0 Å². The largest absolute Gasteiger partial charge is 0.438 e. The van der Waals surface area contributed by atoms with Crippen LogP contribution < -0.4 is 10.1 Å². The molecule has 0 spiro atoms. The average molecular weight is 264 g/mol. The van der Waals surface area contributed by atoms with E-state index in [1.165, 1.54) is 0 Å². The first-order valence-corrected chi connectivity index (χ1v) is 6.63. The number of aromatic nitrogens is 1. The van der Waals surface area contributed by atoms with Gasteiger partial charge in [-0.25, -0.2) is 4.98 Å². The summed E-state index contributed by atoms with van der Waals surface area (Å²) in [5.74, 6) is 1.45. The Bertz CT molecular complexity index is 720. The second-order valence-electron chi connectivity index (χ2n) is 4.58. The second kappa shape index (κ2) is 5.72. The Morgan fingerprint density at radius 1 is 0.950 bits per heavy atom. The molecule has 0 atom stereocenters. The summed E-state index contributed by atoms with van der Waals surface area (Å²) < 4.78 is 5.94. The maximum atomic E-state index is 5.94. The normalized spacial score (nSPS) is 10.7. The van der Waals surface area contributed by atoms with Crippen LogP contribution in [-0.2, 0) is 6.54 Å². The van der Waals surface area contributed by atoms with Gasteiger partial charge in [-0.3, -0.25) is 0 Å². The van der Waals surface area contributed by atoms with Crippen LogP contribution in [0.15, 0.2) is 60.7 Å². The summed E-state index contributed by atoms with van der Waals surface area (Å²) in [6.07, 6.45) is 0. The highest BCUT2D eigenvalue weighted by molar-refractivity contribution is 5.88. The van der Waals surface area contributed by atoms with Gasteiger partial charge in [0, 0.05) is 18.0 Å². The van der Waals surface area contributed by atoms with Gasteiger partial charge in [0.15, 0.2) is 0 Å². The molecular weight excluding hydrogens is 248 g/mol. The first-order chi connectivity index (χ1) is 9.86. The van der Waals surface area contributed by atoms with Crippen molar-refractivity contribution in [3.63, 3.8) is 0 Å². The lowest BCUT2D eigenvalue weighted by Crippen LogP contribution is -2.06. The smallest absolute Gasteiger partial charge is 0.219 e. The topological polar surface area (TPSA) is 34.1 Å².